The van der Waals surface area contributed by atoms with Crippen LogP contribution in [0.2, 0.25) is 0 Å². The standard InChI is InChI=1S/C12H20N3O3/c1-3-18-12(17)10-15(2)8-6-14(7-9-15)11(16)4-5-13/h3-4,6-10H2,1-2H3/q+1. The molecular formula is C12H20N3O3+. The molecule has 0 aromatic rings. The Morgan fingerprint density at radius 2 is 2.00 bits per heavy atom. The molecule has 0 aromatic heterocycles. The monoisotopic (exact) mass is 254 g/mol. The van der Waals surface area contributed by atoms with Crippen molar-refractivity contribution in [3.63, 3.8) is 0 Å². The summed E-state index contributed by atoms with van der Waals surface area (Å²) in [4.78, 5) is 24.7. The second-order valence-corrected chi connectivity index (χ2v) is 4.75. The number of carbonyl (C=O) groups is 2. The molecule has 1 heterocycles. The number of hydrogen-bond acceptors (Lipinski definition) is 4. The molecule has 1 aliphatic rings. The fraction of sp³-hybridized carbons (Fsp3) is 0.750. The van der Waals surface area contributed by atoms with E-state index in [2.05, 4.69) is 0 Å². The number of nitriles is 1. The minimum Gasteiger partial charge on any atom is -0.462 e. The summed E-state index contributed by atoms with van der Waals surface area (Å²) in [5.41, 5.74) is 0. The third-order valence-corrected chi connectivity index (χ3v) is 3.22. The number of likely N-dealkylation sites (N-methyl/N-ethyl adjacent to an activating group) is 1. The molecule has 6 nitrogen and oxygen atoms in total. The largest absolute Gasteiger partial charge is 0.462 e. The molecule has 1 saturated heterocycles. The molecule has 1 aliphatic heterocycles. The van der Waals surface area contributed by atoms with Gasteiger partial charge >= 0.3 is 5.97 Å². The first kappa shape index (κ1) is 14.5. The van der Waals surface area contributed by atoms with Crippen molar-refractivity contribution in [1.82, 2.24) is 4.90 Å². The highest BCUT2D eigenvalue weighted by molar-refractivity contribution is 5.78. The van der Waals surface area contributed by atoms with Gasteiger partial charge in [0.2, 0.25) is 5.91 Å². The predicted octanol–water partition coefficient (Wildman–Crippen LogP) is -0.248. The molecule has 0 bridgehead atoms. The number of hydrogen-bond donors (Lipinski definition) is 0. The Hall–Kier alpha value is -1.61. The van der Waals surface area contributed by atoms with Crippen LogP contribution in [0.15, 0.2) is 0 Å². The third kappa shape index (κ3) is 4.00. The van der Waals surface area contributed by atoms with Crippen LogP contribution in [0.25, 0.3) is 0 Å². The maximum Gasteiger partial charge on any atom is 0.361 e. The van der Waals surface area contributed by atoms with Gasteiger partial charge in [-0.1, -0.05) is 0 Å². The van der Waals surface area contributed by atoms with Crippen LogP contribution in [0.1, 0.15) is 13.3 Å². The summed E-state index contributed by atoms with van der Waals surface area (Å²) >= 11 is 0. The highest BCUT2D eigenvalue weighted by Crippen LogP contribution is 2.11. The summed E-state index contributed by atoms with van der Waals surface area (Å²) in [6.07, 6.45) is -0.0679. The van der Waals surface area contributed by atoms with Gasteiger partial charge in [0, 0.05) is 0 Å². The smallest absolute Gasteiger partial charge is 0.361 e. The molecule has 0 radical (unpaired) electrons. The normalized spacial score (nSPS) is 17.9. The molecule has 1 fully saturated rings. The Morgan fingerprint density at radius 1 is 1.39 bits per heavy atom. The Kier molecular flexibility index (Phi) is 5.10. The van der Waals surface area contributed by atoms with Gasteiger partial charge < -0.3 is 14.1 Å². The zero-order chi connectivity index (χ0) is 13.6. The maximum absolute atomic E-state index is 11.5. The van der Waals surface area contributed by atoms with Crippen molar-refractivity contribution in [3.05, 3.63) is 0 Å². The average molecular weight is 254 g/mol. The minimum atomic E-state index is -0.197. The Labute approximate surface area is 107 Å². The van der Waals surface area contributed by atoms with E-state index in [0.29, 0.717) is 30.7 Å². The van der Waals surface area contributed by atoms with Crippen LogP contribution in [0, 0.1) is 11.3 Å². The van der Waals surface area contributed by atoms with Crippen molar-refractivity contribution in [3.8, 4) is 6.07 Å². The molecule has 0 saturated carbocycles. The van der Waals surface area contributed by atoms with E-state index < -0.39 is 0 Å². The second kappa shape index (κ2) is 6.36. The zero-order valence-electron chi connectivity index (χ0n) is 11.0. The van der Waals surface area contributed by atoms with Crippen LogP contribution in [0.5, 0.6) is 0 Å². The van der Waals surface area contributed by atoms with Gasteiger partial charge in [0.1, 0.15) is 6.42 Å². The maximum atomic E-state index is 11.5. The molecular weight excluding hydrogens is 234 g/mol. The summed E-state index contributed by atoms with van der Waals surface area (Å²) in [6.45, 7) is 5.15. The van der Waals surface area contributed by atoms with Crippen LogP contribution in [-0.2, 0) is 14.3 Å². The number of piperazine rings is 1. The van der Waals surface area contributed by atoms with E-state index in [1.54, 1.807) is 11.8 Å². The summed E-state index contributed by atoms with van der Waals surface area (Å²) in [5, 5.41) is 8.49. The van der Waals surface area contributed by atoms with Gasteiger partial charge in [-0.05, 0) is 6.92 Å². The van der Waals surface area contributed by atoms with Gasteiger partial charge in [-0.15, -0.1) is 0 Å². The summed E-state index contributed by atoms with van der Waals surface area (Å²) in [5.74, 6) is -0.323. The van der Waals surface area contributed by atoms with Gasteiger partial charge in [0.25, 0.3) is 0 Å². The van der Waals surface area contributed by atoms with Crippen molar-refractivity contribution in [2.75, 3.05) is 46.4 Å². The molecule has 0 unspecified atom stereocenters. The van der Waals surface area contributed by atoms with Crippen molar-refractivity contribution in [2.45, 2.75) is 13.3 Å². The fourth-order valence-corrected chi connectivity index (χ4v) is 2.05. The van der Waals surface area contributed by atoms with E-state index in [9.17, 15) is 9.59 Å². The van der Waals surface area contributed by atoms with Crippen molar-refractivity contribution in [1.29, 1.82) is 5.26 Å². The number of esters is 1. The number of amides is 1. The van der Waals surface area contributed by atoms with Crippen molar-refractivity contribution >= 4 is 11.9 Å². The van der Waals surface area contributed by atoms with Crippen LogP contribution in [-0.4, -0.2) is 67.6 Å². The van der Waals surface area contributed by atoms with E-state index >= 15 is 0 Å². The van der Waals surface area contributed by atoms with E-state index in [-0.39, 0.29) is 18.3 Å². The lowest BCUT2D eigenvalue weighted by atomic mass is 10.2. The minimum absolute atomic E-state index is 0.0679. The highest BCUT2D eigenvalue weighted by atomic mass is 16.5. The SMILES string of the molecule is CCOC(=O)C[N+]1(C)CCN(C(=O)CC#N)CC1. The molecule has 0 spiro atoms. The van der Waals surface area contributed by atoms with Crippen LogP contribution < -0.4 is 0 Å². The summed E-state index contributed by atoms with van der Waals surface area (Å²) < 4.78 is 5.54. The first-order chi connectivity index (χ1) is 8.50. The topological polar surface area (TPSA) is 70.4 Å². The van der Waals surface area contributed by atoms with Crippen molar-refractivity contribution in [2.24, 2.45) is 0 Å². The van der Waals surface area contributed by atoms with Crippen LogP contribution in [0.4, 0.5) is 0 Å². The van der Waals surface area contributed by atoms with Crippen LogP contribution >= 0.6 is 0 Å². The quantitative estimate of drug-likeness (QED) is 0.512. The number of nitrogens with zero attached hydrogens (tertiary/aromatic N) is 3. The lowest BCUT2D eigenvalue weighted by Gasteiger charge is -2.41. The summed E-state index contributed by atoms with van der Waals surface area (Å²) in [7, 11) is 1.99. The first-order valence-corrected chi connectivity index (χ1v) is 6.14. The third-order valence-electron chi connectivity index (χ3n) is 3.22. The van der Waals surface area contributed by atoms with Crippen molar-refractivity contribution < 1.29 is 18.8 Å². The second-order valence-electron chi connectivity index (χ2n) is 4.75. The predicted molar refractivity (Wildman–Crippen MR) is 64.2 cm³/mol. The van der Waals surface area contributed by atoms with Gasteiger partial charge in [-0.25, -0.2) is 4.79 Å². The fourth-order valence-electron chi connectivity index (χ4n) is 2.05. The van der Waals surface area contributed by atoms with E-state index in [1.165, 1.54) is 0 Å². The molecule has 6 heteroatoms. The molecule has 0 N–H and O–H groups in total. The molecule has 1 rings (SSSR count). The number of carbonyl (C=O) groups excluding carboxylic acids is 2. The Bertz CT molecular complexity index is 354. The van der Waals surface area contributed by atoms with Gasteiger partial charge in [0.15, 0.2) is 6.54 Å². The molecule has 18 heavy (non-hydrogen) atoms. The number of quaternary nitrogens is 1. The molecule has 0 aromatic carbocycles. The van der Waals surface area contributed by atoms with E-state index in [1.807, 2.05) is 13.1 Å². The number of ether oxygens (including phenoxy) is 1. The van der Waals surface area contributed by atoms with Gasteiger partial charge in [0.05, 0.1) is 45.9 Å². The van der Waals surface area contributed by atoms with E-state index in [0.717, 1.165) is 13.1 Å². The molecule has 100 valence electrons. The number of rotatable bonds is 4. The summed E-state index contributed by atoms with van der Waals surface area (Å²) in [6, 6.07) is 1.86. The zero-order valence-corrected chi connectivity index (χ0v) is 11.0. The molecule has 1 amide bonds. The van der Waals surface area contributed by atoms with Crippen LogP contribution in [0.3, 0.4) is 0 Å². The molecule has 0 atom stereocenters. The Balaban J connectivity index is 2.44. The lowest BCUT2D eigenvalue weighted by Crippen LogP contribution is -2.60. The molecule has 0 aliphatic carbocycles. The average Bonchev–Trinajstić information content (AvgIpc) is 2.29. The first-order valence-electron chi connectivity index (χ1n) is 6.14. The van der Waals surface area contributed by atoms with Gasteiger partial charge in [-0.3, -0.25) is 4.79 Å². The lowest BCUT2D eigenvalue weighted by molar-refractivity contribution is -0.906. The van der Waals surface area contributed by atoms with E-state index in [4.69, 9.17) is 10.00 Å². The highest BCUT2D eigenvalue weighted by Gasteiger charge is 2.32. The van der Waals surface area contributed by atoms with Gasteiger partial charge in [-0.2, -0.15) is 5.26 Å². The Morgan fingerprint density at radius 3 is 2.50 bits per heavy atom.